The number of benzene rings is 2. The zero-order valence-electron chi connectivity index (χ0n) is 18.9. The Balaban J connectivity index is 1.49. The number of furan rings is 1. The molecule has 2 N–H and O–H groups in total. The van der Waals surface area contributed by atoms with Crippen LogP contribution in [0.3, 0.4) is 0 Å². The van der Waals surface area contributed by atoms with Crippen LogP contribution in [0, 0.1) is 24.0 Å². The Labute approximate surface area is 195 Å². The third-order valence-corrected chi connectivity index (χ3v) is 4.81. The van der Waals surface area contributed by atoms with E-state index in [0.717, 1.165) is 5.56 Å². The molecule has 0 bridgehead atoms. The van der Waals surface area contributed by atoms with Crippen LogP contribution >= 0.6 is 0 Å². The summed E-state index contributed by atoms with van der Waals surface area (Å²) in [5.74, 6) is 0.490. The lowest BCUT2D eigenvalue weighted by molar-refractivity contribution is -0.384. The molecule has 0 saturated heterocycles. The Kier molecular flexibility index (Phi) is 7.75. The van der Waals surface area contributed by atoms with E-state index in [1.165, 1.54) is 25.3 Å². The number of carbonyl (C=O) groups excluding carboxylic acids is 2. The zero-order chi connectivity index (χ0) is 24.7. The normalized spacial score (nSPS) is 11.7. The average molecular weight is 464 g/mol. The van der Waals surface area contributed by atoms with Gasteiger partial charge in [-0.3, -0.25) is 19.7 Å². The lowest BCUT2D eigenvalue weighted by Gasteiger charge is -2.12. The number of hydrogen-bond donors (Lipinski definition) is 2. The predicted molar refractivity (Wildman–Crippen MR) is 126 cm³/mol. The number of nitro benzene ring substituents is 1. The molecule has 2 aromatic carbocycles. The monoisotopic (exact) mass is 464 g/mol. The maximum Gasteiger partial charge on any atom is 0.269 e. The van der Waals surface area contributed by atoms with Crippen molar-refractivity contribution in [2.75, 3.05) is 6.61 Å². The van der Waals surface area contributed by atoms with Gasteiger partial charge in [-0.15, -0.1) is 0 Å². The van der Waals surface area contributed by atoms with Crippen LogP contribution in [0.25, 0.3) is 11.3 Å². The molecule has 3 rings (SSSR count). The second-order valence-corrected chi connectivity index (χ2v) is 7.59. The van der Waals surface area contributed by atoms with E-state index in [-0.39, 0.29) is 12.3 Å². The number of hydrogen-bond acceptors (Lipinski definition) is 7. The molecule has 176 valence electrons. The molecule has 3 aromatic rings. The highest BCUT2D eigenvalue weighted by atomic mass is 16.6. The Morgan fingerprint density at radius 3 is 2.68 bits per heavy atom. The summed E-state index contributed by atoms with van der Waals surface area (Å²) in [5.41, 5.74) is 4.75. The van der Waals surface area contributed by atoms with Gasteiger partial charge in [0.05, 0.1) is 11.1 Å². The summed E-state index contributed by atoms with van der Waals surface area (Å²) < 4.78 is 11.1. The number of carbonyl (C=O) groups is 2. The molecule has 0 fully saturated rings. The van der Waals surface area contributed by atoms with Gasteiger partial charge in [-0.1, -0.05) is 12.1 Å². The van der Waals surface area contributed by atoms with Crippen molar-refractivity contribution in [1.29, 1.82) is 0 Å². The summed E-state index contributed by atoms with van der Waals surface area (Å²) in [6.45, 7) is 4.97. The summed E-state index contributed by atoms with van der Waals surface area (Å²) in [6.07, 6.45) is 1.32. The Morgan fingerprint density at radius 2 is 1.97 bits per heavy atom. The number of ether oxygens (including phenoxy) is 1. The summed E-state index contributed by atoms with van der Waals surface area (Å²) in [4.78, 5) is 34.6. The van der Waals surface area contributed by atoms with Gasteiger partial charge in [-0.25, -0.2) is 5.43 Å². The number of non-ortho nitro benzene ring substituents is 1. The van der Waals surface area contributed by atoms with Crippen molar-refractivity contribution in [2.24, 2.45) is 5.10 Å². The van der Waals surface area contributed by atoms with Crippen LogP contribution in [0.5, 0.6) is 5.75 Å². The summed E-state index contributed by atoms with van der Waals surface area (Å²) in [6, 6.07) is 14.3. The van der Waals surface area contributed by atoms with Gasteiger partial charge in [0.15, 0.2) is 6.61 Å². The van der Waals surface area contributed by atoms with E-state index < -0.39 is 22.8 Å². The molecule has 2 amide bonds. The van der Waals surface area contributed by atoms with E-state index in [1.54, 1.807) is 37.3 Å². The Hall–Kier alpha value is -4.47. The molecule has 0 spiro atoms. The first-order chi connectivity index (χ1) is 16.2. The van der Waals surface area contributed by atoms with Gasteiger partial charge in [0.2, 0.25) is 0 Å². The third-order valence-electron chi connectivity index (χ3n) is 4.81. The number of hydrazone groups is 1. The maximum atomic E-state index is 12.2. The van der Waals surface area contributed by atoms with E-state index in [1.807, 2.05) is 19.1 Å². The van der Waals surface area contributed by atoms with Crippen LogP contribution in [-0.4, -0.2) is 35.6 Å². The molecule has 0 radical (unpaired) electrons. The molecule has 10 nitrogen and oxygen atoms in total. The fraction of sp³-hybridized carbons (Fsp3) is 0.208. The highest BCUT2D eigenvalue weighted by molar-refractivity contribution is 5.88. The molecule has 1 atom stereocenters. The highest BCUT2D eigenvalue weighted by Gasteiger charge is 2.16. The topological polar surface area (TPSA) is 136 Å². The molecule has 34 heavy (non-hydrogen) atoms. The number of nitrogens with one attached hydrogen (secondary N) is 2. The quantitative estimate of drug-likeness (QED) is 0.283. The van der Waals surface area contributed by atoms with Gasteiger partial charge in [-0.2, -0.15) is 5.10 Å². The van der Waals surface area contributed by atoms with Gasteiger partial charge in [0, 0.05) is 17.7 Å². The highest BCUT2D eigenvalue weighted by Crippen LogP contribution is 2.28. The SMILES string of the molecule is Cc1cccc(OCC(=O)N[C@H](C)C(=O)NN=Cc2ccc(-c3ccc([N+](=O)[O-])cc3C)o2)c1. The van der Waals surface area contributed by atoms with E-state index in [0.29, 0.717) is 28.4 Å². The van der Waals surface area contributed by atoms with Crippen molar-refractivity contribution in [1.82, 2.24) is 10.7 Å². The molecule has 10 heteroatoms. The summed E-state index contributed by atoms with van der Waals surface area (Å²) in [5, 5.41) is 17.3. The van der Waals surface area contributed by atoms with Gasteiger partial charge >= 0.3 is 0 Å². The van der Waals surface area contributed by atoms with Crippen molar-refractivity contribution < 1.29 is 23.7 Å². The molecule has 0 saturated carbocycles. The Bertz CT molecular complexity index is 1230. The lowest BCUT2D eigenvalue weighted by atomic mass is 10.1. The first-order valence-corrected chi connectivity index (χ1v) is 10.4. The van der Waals surface area contributed by atoms with Crippen LogP contribution < -0.4 is 15.5 Å². The van der Waals surface area contributed by atoms with E-state index in [4.69, 9.17) is 9.15 Å². The van der Waals surface area contributed by atoms with Crippen LogP contribution in [0.1, 0.15) is 23.8 Å². The molecule has 1 aromatic heterocycles. The second kappa shape index (κ2) is 10.9. The van der Waals surface area contributed by atoms with Crippen LogP contribution in [0.4, 0.5) is 5.69 Å². The number of nitro groups is 1. The lowest BCUT2D eigenvalue weighted by Crippen LogP contribution is -2.45. The minimum atomic E-state index is -0.833. The van der Waals surface area contributed by atoms with E-state index in [2.05, 4.69) is 15.8 Å². The van der Waals surface area contributed by atoms with Gasteiger partial charge in [0.25, 0.3) is 17.5 Å². The van der Waals surface area contributed by atoms with Crippen LogP contribution in [-0.2, 0) is 9.59 Å². The minimum absolute atomic E-state index is 0.000223. The van der Waals surface area contributed by atoms with Crippen molar-refractivity contribution in [2.45, 2.75) is 26.8 Å². The van der Waals surface area contributed by atoms with Gasteiger partial charge < -0.3 is 14.5 Å². The standard InChI is InChI=1S/C24H24N4O6/c1-15-5-4-6-19(11-15)33-14-23(29)26-17(3)24(30)27-25-13-20-8-10-22(34-20)21-9-7-18(28(31)32)12-16(21)2/h4-13,17H,14H2,1-3H3,(H,26,29)(H,27,30)/t17-/m1/s1. The molecular formula is C24H24N4O6. The minimum Gasteiger partial charge on any atom is -0.484 e. The van der Waals surface area contributed by atoms with Gasteiger partial charge in [0.1, 0.15) is 23.3 Å². The summed E-state index contributed by atoms with van der Waals surface area (Å²) >= 11 is 0. The van der Waals surface area contributed by atoms with Gasteiger partial charge in [-0.05, 0) is 62.2 Å². The zero-order valence-corrected chi connectivity index (χ0v) is 18.9. The largest absolute Gasteiger partial charge is 0.484 e. The first-order valence-electron chi connectivity index (χ1n) is 10.4. The molecule has 0 aliphatic carbocycles. The number of nitrogens with zero attached hydrogens (tertiary/aromatic N) is 2. The van der Waals surface area contributed by atoms with Crippen molar-refractivity contribution in [3.05, 3.63) is 81.6 Å². The van der Waals surface area contributed by atoms with Crippen LogP contribution in [0.15, 0.2) is 64.1 Å². The molecular weight excluding hydrogens is 440 g/mol. The van der Waals surface area contributed by atoms with Crippen molar-refractivity contribution >= 4 is 23.7 Å². The fourth-order valence-corrected chi connectivity index (χ4v) is 3.06. The average Bonchev–Trinajstić information content (AvgIpc) is 3.26. The number of rotatable bonds is 9. The van der Waals surface area contributed by atoms with Crippen LogP contribution in [0.2, 0.25) is 0 Å². The van der Waals surface area contributed by atoms with E-state index >= 15 is 0 Å². The molecule has 0 aliphatic rings. The number of amides is 2. The first kappa shape index (κ1) is 24.2. The number of aryl methyl sites for hydroxylation is 2. The van der Waals surface area contributed by atoms with Crippen molar-refractivity contribution in [3.63, 3.8) is 0 Å². The van der Waals surface area contributed by atoms with Crippen molar-refractivity contribution in [3.8, 4) is 17.1 Å². The molecule has 0 aliphatic heterocycles. The molecule has 0 unspecified atom stereocenters. The fourth-order valence-electron chi connectivity index (χ4n) is 3.06. The van der Waals surface area contributed by atoms with E-state index in [9.17, 15) is 19.7 Å². The maximum absolute atomic E-state index is 12.2. The Morgan fingerprint density at radius 1 is 1.18 bits per heavy atom. The predicted octanol–water partition coefficient (Wildman–Crippen LogP) is 3.51. The molecule has 1 heterocycles. The third kappa shape index (κ3) is 6.52. The summed E-state index contributed by atoms with van der Waals surface area (Å²) in [7, 11) is 0. The smallest absolute Gasteiger partial charge is 0.269 e. The second-order valence-electron chi connectivity index (χ2n) is 7.59.